The van der Waals surface area contributed by atoms with Crippen LogP contribution in [0.2, 0.25) is 0 Å². The summed E-state index contributed by atoms with van der Waals surface area (Å²) in [6.45, 7) is 0. The van der Waals surface area contributed by atoms with Gasteiger partial charge in [-0.15, -0.1) is 11.3 Å². The lowest BCUT2D eigenvalue weighted by molar-refractivity contribution is 0.153. The van der Waals surface area contributed by atoms with E-state index in [4.69, 9.17) is 0 Å². The van der Waals surface area contributed by atoms with Crippen LogP contribution in [0.4, 0.5) is 13.2 Å². The quantitative estimate of drug-likeness (QED) is 0.812. The van der Waals surface area contributed by atoms with E-state index in [1.165, 1.54) is 17.4 Å². The molecule has 2 nitrogen and oxygen atoms in total. The number of hydrogen-bond acceptors (Lipinski definition) is 3. The second-order valence-electron chi connectivity index (χ2n) is 4.46. The molecular weight excluding hydrogens is 275 g/mol. The number of aromatic nitrogens is 1. The first-order valence-electron chi connectivity index (χ1n) is 5.89. The molecule has 0 spiro atoms. The highest BCUT2D eigenvalue weighted by atomic mass is 32.1. The number of rotatable bonds is 1. The van der Waals surface area contributed by atoms with Crippen molar-refractivity contribution in [2.45, 2.75) is 25.4 Å². The molecule has 3 rings (SSSR count). The van der Waals surface area contributed by atoms with Crippen LogP contribution in [-0.4, -0.2) is 10.1 Å². The fourth-order valence-corrected chi connectivity index (χ4v) is 3.38. The zero-order valence-electron chi connectivity index (χ0n) is 9.79. The lowest BCUT2D eigenvalue weighted by Gasteiger charge is -2.14. The Labute approximate surface area is 111 Å². The summed E-state index contributed by atoms with van der Waals surface area (Å²) in [6.07, 6.45) is 1.59. The van der Waals surface area contributed by atoms with Crippen molar-refractivity contribution in [2.75, 3.05) is 0 Å². The van der Waals surface area contributed by atoms with Crippen molar-refractivity contribution in [2.24, 2.45) is 0 Å². The molecule has 100 valence electrons. The number of aliphatic hydroxyl groups excluding tert-OH is 1. The lowest BCUT2D eigenvalue weighted by atomic mass is 10.0. The van der Waals surface area contributed by atoms with Crippen LogP contribution in [0.15, 0.2) is 12.1 Å². The molecule has 0 saturated heterocycles. The monoisotopic (exact) mass is 285 g/mol. The summed E-state index contributed by atoms with van der Waals surface area (Å²) in [5, 5.41) is 10.1. The third kappa shape index (κ3) is 2.04. The van der Waals surface area contributed by atoms with Crippen molar-refractivity contribution in [1.29, 1.82) is 0 Å². The van der Waals surface area contributed by atoms with Gasteiger partial charge in [-0.3, -0.25) is 0 Å². The number of benzene rings is 1. The zero-order valence-corrected chi connectivity index (χ0v) is 10.6. The van der Waals surface area contributed by atoms with Gasteiger partial charge in [-0.05, 0) is 31.4 Å². The first-order valence-corrected chi connectivity index (χ1v) is 6.71. The van der Waals surface area contributed by atoms with Gasteiger partial charge in [-0.2, -0.15) is 0 Å². The van der Waals surface area contributed by atoms with E-state index in [9.17, 15) is 18.3 Å². The van der Waals surface area contributed by atoms with E-state index in [0.717, 1.165) is 23.8 Å². The van der Waals surface area contributed by atoms with Crippen LogP contribution in [0, 0.1) is 17.5 Å². The third-order valence-electron chi connectivity index (χ3n) is 3.19. The van der Waals surface area contributed by atoms with Crippen molar-refractivity contribution in [3.8, 4) is 10.6 Å². The van der Waals surface area contributed by atoms with E-state index in [-0.39, 0.29) is 10.6 Å². The van der Waals surface area contributed by atoms with Gasteiger partial charge >= 0.3 is 0 Å². The van der Waals surface area contributed by atoms with Gasteiger partial charge < -0.3 is 5.11 Å². The van der Waals surface area contributed by atoms with Gasteiger partial charge in [0.15, 0.2) is 17.5 Å². The SMILES string of the molecule is OC1CCCc2sc(-c3ccc(F)c(F)c3F)nc21. The average Bonchev–Trinajstić information content (AvgIpc) is 2.81. The minimum atomic E-state index is -1.49. The molecule has 19 heavy (non-hydrogen) atoms. The molecule has 0 saturated carbocycles. The van der Waals surface area contributed by atoms with Crippen LogP contribution in [0.5, 0.6) is 0 Å². The molecule has 1 unspecified atom stereocenters. The molecule has 6 heteroatoms. The summed E-state index contributed by atoms with van der Waals surface area (Å²) < 4.78 is 39.8. The van der Waals surface area contributed by atoms with Gasteiger partial charge in [0.05, 0.1) is 11.8 Å². The Hall–Kier alpha value is -1.40. The number of hydrogen-bond donors (Lipinski definition) is 1. The molecule has 1 N–H and O–H groups in total. The van der Waals surface area contributed by atoms with Crippen LogP contribution < -0.4 is 0 Å². The molecule has 1 aliphatic carbocycles. The summed E-state index contributed by atoms with van der Waals surface area (Å²) in [4.78, 5) is 5.06. The summed E-state index contributed by atoms with van der Waals surface area (Å²) in [5.41, 5.74) is 0.473. The first kappa shape index (κ1) is 12.6. The first-order chi connectivity index (χ1) is 9.08. The summed E-state index contributed by atoms with van der Waals surface area (Å²) >= 11 is 1.22. The number of thiazole rings is 1. The molecule has 0 fully saturated rings. The molecule has 0 aliphatic heterocycles. The molecule has 1 heterocycles. The zero-order chi connectivity index (χ0) is 13.6. The van der Waals surface area contributed by atoms with Gasteiger partial charge in [0, 0.05) is 10.4 Å². The molecular formula is C13H10F3NOS. The average molecular weight is 285 g/mol. The summed E-state index contributed by atoms with van der Waals surface area (Å²) in [5.74, 6) is -3.95. The van der Waals surface area contributed by atoms with Crippen LogP contribution in [0.3, 0.4) is 0 Å². The number of aryl methyl sites for hydroxylation is 1. The van der Waals surface area contributed by atoms with Crippen molar-refractivity contribution < 1.29 is 18.3 Å². The molecule has 0 amide bonds. The Kier molecular flexibility index (Phi) is 3.06. The van der Waals surface area contributed by atoms with E-state index in [1.807, 2.05) is 0 Å². The van der Waals surface area contributed by atoms with Crippen molar-refractivity contribution in [3.63, 3.8) is 0 Å². The molecule has 0 bridgehead atoms. The van der Waals surface area contributed by atoms with Gasteiger partial charge in [-0.25, -0.2) is 18.2 Å². The van der Waals surface area contributed by atoms with Gasteiger partial charge in [0.25, 0.3) is 0 Å². The smallest absolute Gasteiger partial charge is 0.195 e. The van der Waals surface area contributed by atoms with E-state index < -0.39 is 23.6 Å². The van der Waals surface area contributed by atoms with Crippen LogP contribution in [0.1, 0.15) is 29.5 Å². The maximum atomic E-state index is 13.7. The summed E-state index contributed by atoms with van der Waals surface area (Å²) in [7, 11) is 0. The highest BCUT2D eigenvalue weighted by Crippen LogP contribution is 2.38. The van der Waals surface area contributed by atoms with Gasteiger partial charge in [0.1, 0.15) is 5.01 Å². The Bertz CT molecular complexity index is 641. The second kappa shape index (κ2) is 4.61. The minimum Gasteiger partial charge on any atom is -0.387 e. The van der Waals surface area contributed by atoms with E-state index >= 15 is 0 Å². The highest BCUT2D eigenvalue weighted by Gasteiger charge is 2.25. The fourth-order valence-electron chi connectivity index (χ4n) is 2.20. The standard InChI is InChI=1S/C13H10F3NOS/c14-7-5-4-6(10(15)11(7)16)13-17-12-8(18)2-1-3-9(12)19-13/h4-5,8,18H,1-3H2. The maximum Gasteiger partial charge on any atom is 0.195 e. The largest absolute Gasteiger partial charge is 0.387 e. The highest BCUT2D eigenvalue weighted by molar-refractivity contribution is 7.15. The predicted molar refractivity (Wildman–Crippen MR) is 65.3 cm³/mol. The van der Waals surface area contributed by atoms with Gasteiger partial charge in [-0.1, -0.05) is 0 Å². The third-order valence-corrected chi connectivity index (χ3v) is 4.35. The molecule has 1 aromatic carbocycles. The van der Waals surface area contributed by atoms with Crippen LogP contribution in [0.25, 0.3) is 10.6 Å². The molecule has 1 aromatic heterocycles. The lowest BCUT2D eigenvalue weighted by Crippen LogP contribution is -2.07. The normalized spacial score (nSPS) is 18.4. The molecule has 1 aliphatic rings. The maximum absolute atomic E-state index is 13.7. The van der Waals surface area contributed by atoms with E-state index in [2.05, 4.69) is 4.98 Å². The molecule has 0 radical (unpaired) electrons. The van der Waals surface area contributed by atoms with Crippen molar-refractivity contribution in [3.05, 3.63) is 40.2 Å². The Morgan fingerprint density at radius 3 is 2.74 bits per heavy atom. The summed E-state index contributed by atoms with van der Waals surface area (Å²) in [6, 6.07) is 2.05. The van der Waals surface area contributed by atoms with E-state index in [1.54, 1.807) is 0 Å². The number of halogens is 3. The van der Waals surface area contributed by atoms with Crippen LogP contribution in [-0.2, 0) is 6.42 Å². The van der Waals surface area contributed by atoms with Crippen molar-refractivity contribution in [1.82, 2.24) is 4.98 Å². The Balaban J connectivity index is 2.11. The second-order valence-corrected chi connectivity index (χ2v) is 5.54. The predicted octanol–water partition coefficient (Wildman–Crippen LogP) is 3.60. The van der Waals surface area contributed by atoms with Gasteiger partial charge in [0.2, 0.25) is 0 Å². The Morgan fingerprint density at radius 1 is 1.21 bits per heavy atom. The Morgan fingerprint density at radius 2 is 2.00 bits per heavy atom. The number of nitrogens with zero attached hydrogens (tertiary/aromatic N) is 1. The minimum absolute atomic E-state index is 0.0644. The fraction of sp³-hybridized carbons (Fsp3) is 0.308. The molecule has 2 aromatic rings. The van der Waals surface area contributed by atoms with E-state index in [0.29, 0.717) is 12.1 Å². The van der Waals surface area contributed by atoms with Crippen molar-refractivity contribution >= 4 is 11.3 Å². The topological polar surface area (TPSA) is 33.1 Å². The number of fused-ring (bicyclic) bond motifs is 1. The number of aliphatic hydroxyl groups is 1. The molecule has 1 atom stereocenters. The van der Waals surface area contributed by atoms with Crippen LogP contribution >= 0.6 is 11.3 Å².